The molecule has 7 heteroatoms. The molecule has 0 radical (unpaired) electrons. The zero-order valence-electron chi connectivity index (χ0n) is 13.0. The molecular weight excluding hydrogens is 352 g/mol. The average molecular weight is 367 g/mol. The molecule has 0 saturated carbocycles. The number of ketones is 1. The topological polar surface area (TPSA) is 77.5 Å². The van der Waals surface area contributed by atoms with Gasteiger partial charge in [-0.05, 0) is 55.5 Å². The lowest BCUT2D eigenvalue weighted by Crippen LogP contribution is -2.24. The van der Waals surface area contributed by atoms with E-state index in [0.29, 0.717) is 10.6 Å². The predicted octanol–water partition coefficient (Wildman–Crippen LogP) is 3.17. The molecule has 0 bridgehead atoms. The van der Waals surface area contributed by atoms with Gasteiger partial charge >= 0.3 is 5.97 Å². The smallest absolute Gasteiger partial charge is 0.338 e. The highest BCUT2D eigenvalue weighted by Gasteiger charge is 2.20. The van der Waals surface area contributed by atoms with E-state index in [2.05, 4.69) is 0 Å². The Balaban J connectivity index is 2.08. The van der Waals surface area contributed by atoms with Gasteiger partial charge in [0.15, 0.2) is 15.9 Å². The Labute approximate surface area is 145 Å². The van der Waals surface area contributed by atoms with Crippen molar-refractivity contribution in [2.45, 2.75) is 17.9 Å². The number of Topliss-reactive ketones (excluding diaryl/α,β-unsaturated/α-hetero) is 1. The number of benzene rings is 2. The zero-order chi connectivity index (χ0) is 17.9. The monoisotopic (exact) mass is 366 g/mol. The van der Waals surface area contributed by atoms with Gasteiger partial charge in [0.1, 0.15) is 0 Å². The number of carbonyl (C=O) groups is 2. The first-order valence-electron chi connectivity index (χ1n) is 6.99. The first kappa shape index (κ1) is 18.2. The van der Waals surface area contributed by atoms with E-state index in [1.807, 2.05) is 0 Å². The molecule has 0 spiro atoms. The predicted molar refractivity (Wildman–Crippen MR) is 90.2 cm³/mol. The van der Waals surface area contributed by atoms with E-state index in [0.717, 1.165) is 6.26 Å². The number of ether oxygens (including phenoxy) is 1. The van der Waals surface area contributed by atoms with Crippen LogP contribution in [-0.2, 0) is 14.6 Å². The second kappa shape index (κ2) is 7.15. The van der Waals surface area contributed by atoms with Crippen LogP contribution in [0.25, 0.3) is 0 Å². The summed E-state index contributed by atoms with van der Waals surface area (Å²) in [5, 5.41) is 0.502. The van der Waals surface area contributed by atoms with Gasteiger partial charge in [-0.1, -0.05) is 11.6 Å². The lowest BCUT2D eigenvalue weighted by atomic mass is 10.1. The molecule has 0 amide bonds. The summed E-state index contributed by atoms with van der Waals surface area (Å²) in [6, 6.07) is 11.6. The van der Waals surface area contributed by atoms with Gasteiger partial charge in [-0.25, -0.2) is 13.2 Å². The minimum Gasteiger partial charge on any atom is -0.451 e. The third-order valence-electron chi connectivity index (χ3n) is 3.30. The molecule has 126 valence electrons. The summed E-state index contributed by atoms with van der Waals surface area (Å²) in [4.78, 5) is 24.4. The molecule has 0 aliphatic heterocycles. The number of hydrogen-bond acceptors (Lipinski definition) is 5. The largest absolute Gasteiger partial charge is 0.451 e. The van der Waals surface area contributed by atoms with Crippen LogP contribution in [0.1, 0.15) is 27.6 Å². The second-order valence-corrected chi connectivity index (χ2v) is 7.67. The van der Waals surface area contributed by atoms with Crippen molar-refractivity contribution >= 4 is 33.2 Å². The van der Waals surface area contributed by atoms with Crippen LogP contribution < -0.4 is 0 Å². The van der Waals surface area contributed by atoms with Crippen LogP contribution in [0.3, 0.4) is 0 Å². The maximum absolute atomic E-state index is 12.2. The molecule has 0 aliphatic rings. The number of esters is 1. The molecule has 0 N–H and O–H groups in total. The van der Waals surface area contributed by atoms with Crippen LogP contribution in [0.4, 0.5) is 0 Å². The van der Waals surface area contributed by atoms with Gasteiger partial charge in [-0.15, -0.1) is 0 Å². The lowest BCUT2D eigenvalue weighted by molar-refractivity contribution is 0.0318. The summed E-state index contributed by atoms with van der Waals surface area (Å²) in [6.45, 7) is 1.47. The Kier molecular flexibility index (Phi) is 5.41. The Morgan fingerprint density at radius 3 is 1.96 bits per heavy atom. The van der Waals surface area contributed by atoms with E-state index in [-0.39, 0.29) is 16.2 Å². The van der Waals surface area contributed by atoms with E-state index >= 15 is 0 Å². The molecule has 0 heterocycles. The van der Waals surface area contributed by atoms with Gasteiger partial charge < -0.3 is 4.74 Å². The summed E-state index contributed by atoms with van der Waals surface area (Å²) in [6.07, 6.45) is 0.0981. The second-order valence-electron chi connectivity index (χ2n) is 5.22. The summed E-state index contributed by atoms with van der Waals surface area (Å²) in [5.41, 5.74) is 0.547. The van der Waals surface area contributed by atoms with Gasteiger partial charge in [0, 0.05) is 16.8 Å². The van der Waals surface area contributed by atoms with Crippen LogP contribution in [0.5, 0.6) is 0 Å². The summed E-state index contributed by atoms with van der Waals surface area (Å²) in [7, 11) is -3.34. The molecule has 0 aromatic heterocycles. The van der Waals surface area contributed by atoms with Gasteiger partial charge in [-0.3, -0.25) is 4.79 Å². The highest BCUT2D eigenvalue weighted by molar-refractivity contribution is 7.90. The molecule has 0 aliphatic carbocycles. The molecule has 2 rings (SSSR count). The van der Waals surface area contributed by atoms with E-state index in [1.165, 1.54) is 31.2 Å². The molecule has 0 unspecified atom stereocenters. The first-order chi connectivity index (χ1) is 11.2. The van der Waals surface area contributed by atoms with Gasteiger partial charge in [0.05, 0.1) is 10.5 Å². The van der Waals surface area contributed by atoms with Crippen LogP contribution in [0.15, 0.2) is 53.4 Å². The maximum Gasteiger partial charge on any atom is 0.338 e. The zero-order valence-corrected chi connectivity index (χ0v) is 14.6. The fourth-order valence-corrected chi connectivity index (χ4v) is 2.73. The van der Waals surface area contributed by atoms with Crippen molar-refractivity contribution in [3.63, 3.8) is 0 Å². The Bertz CT molecular complexity index is 855. The quantitative estimate of drug-likeness (QED) is 0.600. The van der Waals surface area contributed by atoms with Crippen molar-refractivity contribution in [3.05, 3.63) is 64.7 Å². The van der Waals surface area contributed by atoms with Crippen molar-refractivity contribution < 1.29 is 22.7 Å². The third-order valence-corrected chi connectivity index (χ3v) is 4.68. The highest BCUT2D eigenvalue weighted by atomic mass is 35.5. The van der Waals surface area contributed by atoms with Crippen molar-refractivity contribution in [1.82, 2.24) is 0 Å². The fourth-order valence-electron chi connectivity index (χ4n) is 1.97. The number of hydrogen-bond donors (Lipinski definition) is 0. The normalized spacial score (nSPS) is 12.5. The molecule has 24 heavy (non-hydrogen) atoms. The van der Waals surface area contributed by atoms with Crippen molar-refractivity contribution in [1.29, 1.82) is 0 Å². The fraction of sp³-hybridized carbons (Fsp3) is 0.176. The molecular formula is C17H15ClO5S. The Morgan fingerprint density at radius 1 is 0.958 bits per heavy atom. The van der Waals surface area contributed by atoms with Crippen molar-refractivity contribution in [2.75, 3.05) is 6.26 Å². The number of carbonyl (C=O) groups excluding carboxylic acids is 2. The van der Waals surface area contributed by atoms with Crippen LogP contribution in [0, 0.1) is 0 Å². The van der Waals surface area contributed by atoms with E-state index in [4.69, 9.17) is 16.3 Å². The number of halogens is 1. The van der Waals surface area contributed by atoms with Crippen molar-refractivity contribution in [3.8, 4) is 0 Å². The van der Waals surface area contributed by atoms with Crippen molar-refractivity contribution in [2.24, 2.45) is 0 Å². The summed E-state index contributed by atoms with van der Waals surface area (Å²) in [5.74, 6) is -1.06. The molecule has 5 nitrogen and oxygen atoms in total. The molecule has 0 fully saturated rings. The van der Waals surface area contributed by atoms with Crippen LogP contribution >= 0.6 is 11.6 Å². The van der Waals surface area contributed by atoms with Gasteiger partial charge in [0.2, 0.25) is 5.78 Å². The molecule has 2 aromatic carbocycles. The SMILES string of the molecule is C[C@H](OC(=O)c1ccc(S(C)(=O)=O)cc1)C(=O)c1ccc(Cl)cc1. The lowest BCUT2D eigenvalue weighted by Gasteiger charge is -2.12. The minimum atomic E-state index is -3.34. The third kappa shape index (κ3) is 4.43. The Hall–Kier alpha value is -2.18. The van der Waals surface area contributed by atoms with E-state index in [1.54, 1.807) is 24.3 Å². The number of sulfone groups is 1. The molecule has 0 saturated heterocycles. The van der Waals surface area contributed by atoms with Crippen LogP contribution in [-0.4, -0.2) is 32.5 Å². The highest BCUT2D eigenvalue weighted by Crippen LogP contribution is 2.15. The van der Waals surface area contributed by atoms with Gasteiger partial charge in [-0.2, -0.15) is 0 Å². The van der Waals surface area contributed by atoms with E-state index in [9.17, 15) is 18.0 Å². The van der Waals surface area contributed by atoms with E-state index < -0.39 is 21.9 Å². The maximum atomic E-state index is 12.2. The average Bonchev–Trinajstić information content (AvgIpc) is 2.54. The summed E-state index contributed by atoms with van der Waals surface area (Å²) >= 11 is 5.77. The first-order valence-corrected chi connectivity index (χ1v) is 9.26. The summed E-state index contributed by atoms with van der Waals surface area (Å²) < 4.78 is 27.9. The standard InChI is InChI=1S/C17H15ClO5S/c1-11(16(19)12-3-7-14(18)8-4-12)23-17(20)13-5-9-15(10-6-13)24(2,21)22/h3-11H,1-2H3/t11-/m0/s1. The molecule has 2 aromatic rings. The minimum absolute atomic E-state index is 0.101. The molecule has 1 atom stereocenters. The van der Waals surface area contributed by atoms with Crippen LogP contribution in [0.2, 0.25) is 5.02 Å². The Morgan fingerprint density at radius 2 is 1.46 bits per heavy atom. The number of rotatable bonds is 5. The van der Waals surface area contributed by atoms with Gasteiger partial charge in [0.25, 0.3) is 0 Å².